The van der Waals surface area contributed by atoms with Gasteiger partial charge in [-0.05, 0) is 49.2 Å². The van der Waals surface area contributed by atoms with Crippen LogP contribution in [0.1, 0.15) is 72.2 Å². The lowest BCUT2D eigenvalue weighted by atomic mass is 9.89. The zero-order chi connectivity index (χ0) is 29.2. The highest BCUT2D eigenvalue weighted by Crippen LogP contribution is 2.37. The lowest BCUT2D eigenvalue weighted by molar-refractivity contribution is -0.181. The summed E-state index contributed by atoms with van der Waals surface area (Å²) in [4.78, 5) is 19.3. The van der Waals surface area contributed by atoms with Gasteiger partial charge in [-0.15, -0.1) is 0 Å². The fourth-order valence-electron chi connectivity index (χ4n) is 4.52. The summed E-state index contributed by atoms with van der Waals surface area (Å²) >= 11 is 0. The monoisotopic (exact) mass is 573 g/mol. The summed E-state index contributed by atoms with van der Waals surface area (Å²) < 4.78 is 59.6. The topological polar surface area (TPSA) is 120 Å². The van der Waals surface area contributed by atoms with Crippen molar-refractivity contribution in [1.29, 1.82) is 0 Å². The molecule has 4 rings (SSSR count). The third-order valence-electron chi connectivity index (χ3n) is 6.76. The van der Waals surface area contributed by atoms with E-state index in [0.29, 0.717) is 24.0 Å². The SMILES string of the molecule is CCS(=O)(=O)c1ccc(C(CO)NC(=O)c2cnc3c(c2)CN(C)C3)cc1.CO.FC(F)(F)C1CCCCC1. The van der Waals surface area contributed by atoms with Crippen LogP contribution in [0.2, 0.25) is 0 Å². The van der Waals surface area contributed by atoms with Crippen molar-refractivity contribution in [3.8, 4) is 0 Å². The molecular weight excluding hydrogens is 535 g/mol. The standard InChI is InChI=1S/C19H23N3O4S.C7H11F3.CH4O/c1-3-27(25,26)16-6-4-13(5-7-16)18(12-23)21-19(24)14-8-15-10-22(2)11-17(15)20-9-14;8-7(9,10)6-4-2-1-3-5-6;1-2/h4-9,18,23H,3,10-12H2,1-2H3,(H,21,24);6H,1-5H2;2H,1H3. The number of pyridine rings is 1. The molecule has 0 bridgehead atoms. The molecule has 2 aromatic rings. The number of hydrogen-bond donors (Lipinski definition) is 3. The minimum absolute atomic E-state index is 0.0209. The molecule has 0 saturated heterocycles. The number of rotatable bonds is 6. The average Bonchev–Trinajstić information content (AvgIpc) is 3.32. The zero-order valence-electron chi connectivity index (χ0n) is 22.5. The van der Waals surface area contributed by atoms with Crippen LogP contribution in [-0.4, -0.2) is 67.1 Å². The Labute approximate surface area is 228 Å². The Hall–Kier alpha value is -2.54. The third kappa shape index (κ3) is 9.26. The van der Waals surface area contributed by atoms with E-state index in [4.69, 9.17) is 5.11 Å². The Morgan fingerprint density at radius 1 is 1.13 bits per heavy atom. The number of aliphatic hydroxyl groups excluding tert-OH is 2. The van der Waals surface area contributed by atoms with Crippen molar-refractivity contribution in [3.05, 3.63) is 58.9 Å². The number of nitrogens with zero attached hydrogens (tertiary/aromatic N) is 2. The van der Waals surface area contributed by atoms with E-state index >= 15 is 0 Å². The Kier molecular flexibility index (Phi) is 12.3. The molecule has 1 aliphatic heterocycles. The quantitative estimate of drug-likeness (QED) is 0.478. The number of hydrogen-bond acceptors (Lipinski definition) is 7. The number of aromatic nitrogens is 1. The maximum atomic E-state index is 12.6. The fraction of sp³-hybridized carbons (Fsp3) is 0.556. The van der Waals surface area contributed by atoms with Gasteiger partial charge < -0.3 is 15.5 Å². The van der Waals surface area contributed by atoms with Crippen LogP contribution in [0.5, 0.6) is 0 Å². The molecule has 3 N–H and O–H groups in total. The van der Waals surface area contributed by atoms with Gasteiger partial charge in [-0.1, -0.05) is 38.3 Å². The van der Waals surface area contributed by atoms with Gasteiger partial charge in [-0.2, -0.15) is 13.2 Å². The largest absolute Gasteiger partial charge is 0.400 e. The number of benzene rings is 1. The van der Waals surface area contributed by atoms with Crippen LogP contribution in [0.25, 0.3) is 0 Å². The Morgan fingerprint density at radius 3 is 2.26 bits per heavy atom. The molecule has 1 unspecified atom stereocenters. The maximum absolute atomic E-state index is 12.6. The number of carbonyl (C=O) groups is 1. The molecule has 1 aromatic heterocycles. The van der Waals surface area contributed by atoms with Crippen LogP contribution >= 0.6 is 0 Å². The summed E-state index contributed by atoms with van der Waals surface area (Å²) in [7, 11) is -0.294. The lowest BCUT2D eigenvalue weighted by Gasteiger charge is -2.23. The molecule has 2 heterocycles. The van der Waals surface area contributed by atoms with Gasteiger partial charge in [0.25, 0.3) is 5.91 Å². The molecule has 1 aromatic carbocycles. The number of alkyl halides is 3. The van der Waals surface area contributed by atoms with Gasteiger partial charge in [-0.3, -0.25) is 14.7 Å². The van der Waals surface area contributed by atoms with Crippen molar-refractivity contribution in [1.82, 2.24) is 15.2 Å². The summed E-state index contributed by atoms with van der Waals surface area (Å²) in [5.41, 5.74) is 3.07. The van der Waals surface area contributed by atoms with Crippen molar-refractivity contribution < 1.29 is 36.6 Å². The molecule has 1 atom stereocenters. The molecule has 12 heteroatoms. The number of amides is 1. The first-order chi connectivity index (χ1) is 18.4. The Morgan fingerprint density at radius 2 is 1.74 bits per heavy atom. The second-order valence-corrected chi connectivity index (χ2v) is 11.8. The number of aliphatic hydroxyl groups is 2. The Bertz CT molecular complexity index is 1170. The van der Waals surface area contributed by atoms with E-state index in [-0.39, 0.29) is 23.2 Å². The van der Waals surface area contributed by atoms with E-state index in [2.05, 4.69) is 15.2 Å². The highest BCUT2D eigenvalue weighted by molar-refractivity contribution is 7.91. The van der Waals surface area contributed by atoms with Crippen molar-refractivity contribution in [2.75, 3.05) is 26.5 Å². The number of carbonyl (C=O) groups excluding carboxylic acids is 1. The van der Waals surface area contributed by atoms with Crippen molar-refractivity contribution in [3.63, 3.8) is 0 Å². The van der Waals surface area contributed by atoms with E-state index < -0.39 is 28.0 Å². The number of halogens is 3. The van der Waals surface area contributed by atoms with Gasteiger partial charge in [0.1, 0.15) is 0 Å². The highest BCUT2D eigenvalue weighted by atomic mass is 32.2. The molecule has 0 spiro atoms. The second-order valence-electron chi connectivity index (χ2n) is 9.56. The van der Waals surface area contributed by atoms with Gasteiger partial charge in [0.15, 0.2) is 9.84 Å². The zero-order valence-corrected chi connectivity index (χ0v) is 23.4. The van der Waals surface area contributed by atoms with Crippen LogP contribution in [-0.2, 0) is 22.9 Å². The van der Waals surface area contributed by atoms with E-state index in [1.807, 2.05) is 13.1 Å². The minimum atomic E-state index is -3.93. The van der Waals surface area contributed by atoms with Crippen molar-refractivity contribution in [2.45, 2.75) is 69.2 Å². The first kappa shape index (κ1) is 32.7. The van der Waals surface area contributed by atoms with Gasteiger partial charge in [0, 0.05) is 26.4 Å². The summed E-state index contributed by atoms with van der Waals surface area (Å²) in [5, 5.41) is 19.5. The van der Waals surface area contributed by atoms with Crippen molar-refractivity contribution >= 4 is 15.7 Å². The van der Waals surface area contributed by atoms with Gasteiger partial charge >= 0.3 is 6.18 Å². The van der Waals surface area contributed by atoms with Crippen molar-refractivity contribution in [2.24, 2.45) is 5.92 Å². The molecule has 2 aliphatic rings. The predicted molar refractivity (Wildman–Crippen MR) is 142 cm³/mol. The first-order valence-electron chi connectivity index (χ1n) is 12.9. The van der Waals surface area contributed by atoms with Gasteiger partial charge in [0.05, 0.1) is 40.5 Å². The minimum Gasteiger partial charge on any atom is -0.400 e. The molecule has 0 radical (unpaired) electrons. The maximum Gasteiger partial charge on any atom is 0.391 e. The molecule has 1 fully saturated rings. The first-order valence-corrected chi connectivity index (χ1v) is 14.5. The Balaban J connectivity index is 0.000000372. The van der Waals surface area contributed by atoms with Gasteiger partial charge in [0.2, 0.25) is 0 Å². The van der Waals surface area contributed by atoms with E-state index in [1.165, 1.54) is 12.1 Å². The smallest absolute Gasteiger partial charge is 0.391 e. The summed E-state index contributed by atoms with van der Waals surface area (Å²) in [5.74, 6) is -1.31. The van der Waals surface area contributed by atoms with Crippen LogP contribution in [0, 0.1) is 5.92 Å². The predicted octanol–water partition coefficient (Wildman–Crippen LogP) is 4.02. The van der Waals surface area contributed by atoms with E-state index in [9.17, 15) is 31.5 Å². The number of fused-ring (bicyclic) bond motifs is 1. The van der Waals surface area contributed by atoms with Gasteiger partial charge in [-0.25, -0.2) is 8.42 Å². The molecule has 1 aliphatic carbocycles. The van der Waals surface area contributed by atoms with E-state index in [0.717, 1.165) is 50.7 Å². The molecule has 1 saturated carbocycles. The molecule has 39 heavy (non-hydrogen) atoms. The van der Waals surface area contributed by atoms with Crippen LogP contribution in [0.3, 0.4) is 0 Å². The fourth-order valence-corrected chi connectivity index (χ4v) is 5.41. The van der Waals surface area contributed by atoms with Crippen LogP contribution < -0.4 is 5.32 Å². The summed E-state index contributed by atoms with van der Waals surface area (Å²) in [6.07, 6.45) is 0.799. The number of nitrogens with one attached hydrogen (secondary N) is 1. The molecule has 218 valence electrons. The molecule has 8 nitrogen and oxygen atoms in total. The molecular formula is C27H38F3N3O5S. The highest BCUT2D eigenvalue weighted by Gasteiger charge is 2.39. The summed E-state index contributed by atoms with van der Waals surface area (Å²) in [6.45, 7) is 2.80. The van der Waals surface area contributed by atoms with E-state index in [1.54, 1.807) is 25.3 Å². The summed E-state index contributed by atoms with van der Waals surface area (Å²) in [6, 6.07) is 7.41. The van der Waals surface area contributed by atoms with Crippen LogP contribution in [0.4, 0.5) is 13.2 Å². The third-order valence-corrected chi connectivity index (χ3v) is 8.51. The second kappa shape index (κ2) is 14.7. The lowest BCUT2D eigenvalue weighted by Crippen LogP contribution is -2.31. The normalized spacial score (nSPS) is 16.7. The molecule has 1 amide bonds. The van der Waals surface area contributed by atoms with Crippen LogP contribution in [0.15, 0.2) is 41.4 Å². The average molecular weight is 574 g/mol. The number of sulfone groups is 1.